The summed E-state index contributed by atoms with van der Waals surface area (Å²) in [4.78, 5) is 47.2. The molecule has 0 aromatic heterocycles. The first-order chi connectivity index (χ1) is 19.2. The summed E-state index contributed by atoms with van der Waals surface area (Å²) in [6, 6.07) is 15.8. The fourth-order valence-electron chi connectivity index (χ4n) is 3.72. The van der Waals surface area contributed by atoms with Crippen molar-refractivity contribution in [1.29, 1.82) is 0 Å². The van der Waals surface area contributed by atoms with Gasteiger partial charge < -0.3 is 30.2 Å². The van der Waals surface area contributed by atoms with E-state index in [4.69, 9.17) is 9.47 Å². The molecule has 3 rings (SSSR count). The van der Waals surface area contributed by atoms with E-state index in [-0.39, 0.29) is 48.9 Å². The summed E-state index contributed by atoms with van der Waals surface area (Å²) in [5.74, 6) is -0.388. The SMILES string of the molecule is COC(=O)c1ccc(OCCNCC(=O)Cc2ccc(NC(=O)Nc3ccccc3C)c(OC)c2)c([N+](=O)[O-])c1. The van der Waals surface area contributed by atoms with Crippen LogP contribution in [0.15, 0.2) is 60.7 Å². The van der Waals surface area contributed by atoms with Crippen molar-refractivity contribution >= 4 is 34.8 Å². The number of methoxy groups -OCH3 is 2. The van der Waals surface area contributed by atoms with Gasteiger partial charge in [-0.05, 0) is 48.4 Å². The third kappa shape index (κ3) is 8.27. The molecule has 0 radical (unpaired) electrons. The van der Waals surface area contributed by atoms with Gasteiger partial charge in [0, 0.05) is 24.7 Å². The number of nitrogens with one attached hydrogen (secondary N) is 3. The van der Waals surface area contributed by atoms with Gasteiger partial charge in [0.05, 0.1) is 36.9 Å². The van der Waals surface area contributed by atoms with Gasteiger partial charge >= 0.3 is 17.7 Å². The lowest BCUT2D eigenvalue weighted by atomic mass is 10.1. The minimum atomic E-state index is -0.693. The van der Waals surface area contributed by atoms with Gasteiger partial charge in [0.2, 0.25) is 0 Å². The smallest absolute Gasteiger partial charge is 0.338 e. The number of aryl methyl sites for hydroxylation is 1. The Bertz CT molecular complexity index is 1390. The van der Waals surface area contributed by atoms with Crippen molar-refractivity contribution in [3.05, 3.63) is 87.5 Å². The molecule has 3 N–H and O–H groups in total. The number of ketones is 1. The molecular weight excluding hydrogens is 520 g/mol. The molecule has 0 aliphatic rings. The van der Waals surface area contributed by atoms with Crippen LogP contribution in [0.4, 0.5) is 21.9 Å². The summed E-state index contributed by atoms with van der Waals surface area (Å²) in [5.41, 5.74) is 2.44. The number of anilines is 2. The van der Waals surface area contributed by atoms with Crippen LogP contribution in [-0.4, -0.2) is 56.6 Å². The van der Waals surface area contributed by atoms with Gasteiger partial charge in [0.15, 0.2) is 11.5 Å². The summed E-state index contributed by atoms with van der Waals surface area (Å²) in [7, 11) is 2.66. The summed E-state index contributed by atoms with van der Waals surface area (Å²) in [5, 5.41) is 19.8. The van der Waals surface area contributed by atoms with Gasteiger partial charge in [-0.15, -0.1) is 0 Å². The van der Waals surface area contributed by atoms with Gasteiger partial charge in [-0.1, -0.05) is 24.3 Å². The molecule has 12 heteroatoms. The Morgan fingerprint density at radius 1 is 0.925 bits per heavy atom. The molecule has 210 valence electrons. The van der Waals surface area contributed by atoms with Crippen LogP contribution in [0, 0.1) is 17.0 Å². The fourth-order valence-corrected chi connectivity index (χ4v) is 3.72. The molecule has 3 aromatic rings. The molecule has 40 heavy (non-hydrogen) atoms. The van der Waals surface area contributed by atoms with Gasteiger partial charge in [-0.3, -0.25) is 14.9 Å². The zero-order valence-corrected chi connectivity index (χ0v) is 22.3. The molecule has 3 aromatic carbocycles. The van der Waals surface area contributed by atoms with E-state index in [0.29, 0.717) is 22.7 Å². The van der Waals surface area contributed by atoms with Crippen LogP contribution in [0.3, 0.4) is 0 Å². The number of rotatable bonds is 13. The zero-order valence-electron chi connectivity index (χ0n) is 22.3. The number of urea groups is 1. The molecule has 0 saturated heterocycles. The number of Topliss-reactive ketones (excluding diaryl/α,β-unsaturated/α-hetero) is 1. The molecule has 2 amide bonds. The van der Waals surface area contributed by atoms with Crippen molar-refractivity contribution in [2.75, 3.05) is 44.5 Å². The Balaban J connectivity index is 1.47. The number of benzene rings is 3. The summed E-state index contributed by atoms with van der Waals surface area (Å²) in [6.45, 7) is 2.25. The number of amides is 2. The van der Waals surface area contributed by atoms with Gasteiger partial charge in [0.25, 0.3) is 0 Å². The number of nitro groups is 1. The van der Waals surface area contributed by atoms with Crippen LogP contribution < -0.4 is 25.4 Å². The normalized spacial score (nSPS) is 10.4. The number of para-hydroxylation sites is 1. The van der Waals surface area contributed by atoms with Gasteiger partial charge in [0.1, 0.15) is 12.4 Å². The van der Waals surface area contributed by atoms with E-state index in [1.807, 2.05) is 25.1 Å². The molecule has 0 heterocycles. The highest BCUT2D eigenvalue weighted by Gasteiger charge is 2.19. The highest BCUT2D eigenvalue weighted by atomic mass is 16.6. The first-order valence-electron chi connectivity index (χ1n) is 12.2. The lowest BCUT2D eigenvalue weighted by Gasteiger charge is -2.13. The third-order valence-electron chi connectivity index (χ3n) is 5.74. The van der Waals surface area contributed by atoms with E-state index in [9.17, 15) is 24.5 Å². The minimum Gasteiger partial charge on any atom is -0.495 e. The molecule has 0 unspecified atom stereocenters. The Hall–Kier alpha value is -4.97. The largest absolute Gasteiger partial charge is 0.495 e. The van der Waals surface area contributed by atoms with Crippen LogP contribution in [0.25, 0.3) is 0 Å². The third-order valence-corrected chi connectivity index (χ3v) is 5.74. The average Bonchev–Trinajstić information content (AvgIpc) is 2.94. The topological polar surface area (TPSA) is 158 Å². The monoisotopic (exact) mass is 550 g/mol. The zero-order chi connectivity index (χ0) is 29.1. The summed E-state index contributed by atoms with van der Waals surface area (Å²) >= 11 is 0. The summed E-state index contributed by atoms with van der Waals surface area (Å²) < 4.78 is 15.4. The Kier molecular flexibility index (Phi) is 10.5. The van der Waals surface area contributed by atoms with Crippen molar-refractivity contribution in [1.82, 2.24) is 5.32 Å². The quantitative estimate of drug-likeness (QED) is 0.123. The molecule has 0 fully saturated rings. The number of nitrogens with zero attached hydrogens (tertiary/aromatic N) is 1. The van der Waals surface area contributed by atoms with Crippen molar-refractivity contribution in [2.45, 2.75) is 13.3 Å². The maximum atomic E-state index is 12.5. The van der Waals surface area contributed by atoms with Crippen molar-refractivity contribution in [3.8, 4) is 11.5 Å². The molecule has 0 aliphatic carbocycles. The van der Waals surface area contributed by atoms with E-state index in [1.165, 1.54) is 26.4 Å². The lowest BCUT2D eigenvalue weighted by molar-refractivity contribution is -0.385. The van der Waals surface area contributed by atoms with Crippen LogP contribution in [-0.2, 0) is 16.0 Å². The van der Waals surface area contributed by atoms with E-state index in [1.54, 1.807) is 24.3 Å². The number of hydrogen-bond donors (Lipinski definition) is 3. The highest BCUT2D eigenvalue weighted by molar-refractivity contribution is 6.01. The van der Waals surface area contributed by atoms with Crippen LogP contribution in [0.5, 0.6) is 11.5 Å². The van der Waals surface area contributed by atoms with Crippen LogP contribution in [0.2, 0.25) is 0 Å². The predicted molar refractivity (Wildman–Crippen MR) is 148 cm³/mol. The Morgan fingerprint density at radius 2 is 1.68 bits per heavy atom. The first kappa shape index (κ1) is 29.6. The predicted octanol–water partition coefficient (Wildman–Crippen LogP) is 4.12. The van der Waals surface area contributed by atoms with E-state index < -0.39 is 16.9 Å². The van der Waals surface area contributed by atoms with Gasteiger partial charge in [-0.2, -0.15) is 0 Å². The molecule has 0 saturated carbocycles. The van der Waals surface area contributed by atoms with E-state index >= 15 is 0 Å². The van der Waals surface area contributed by atoms with Crippen molar-refractivity contribution in [2.24, 2.45) is 0 Å². The molecule has 0 spiro atoms. The summed E-state index contributed by atoms with van der Waals surface area (Å²) in [6.07, 6.45) is 0.125. The van der Waals surface area contributed by atoms with Crippen molar-refractivity contribution in [3.63, 3.8) is 0 Å². The molecule has 0 bridgehead atoms. The van der Waals surface area contributed by atoms with E-state index in [2.05, 4.69) is 20.7 Å². The standard InChI is InChI=1S/C28H30N4O8/c1-18-6-4-5-7-22(18)30-28(35)31-23-10-8-19(15-26(23)38-2)14-21(33)17-29-12-13-40-25-11-9-20(27(34)39-3)16-24(25)32(36)37/h4-11,15-16,29H,12-14,17H2,1-3H3,(H2,30,31,35). The molecule has 0 aliphatic heterocycles. The number of ether oxygens (including phenoxy) is 3. The Morgan fingerprint density at radius 3 is 2.38 bits per heavy atom. The van der Waals surface area contributed by atoms with Gasteiger partial charge in [-0.25, -0.2) is 9.59 Å². The second-order valence-electron chi connectivity index (χ2n) is 8.60. The molecule has 0 atom stereocenters. The highest BCUT2D eigenvalue weighted by Crippen LogP contribution is 2.28. The second kappa shape index (κ2) is 14.3. The van der Waals surface area contributed by atoms with Crippen molar-refractivity contribution < 1.29 is 33.5 Å². The average molecular weight is 551 g/mol. The maximum absolute atomic E-state index is 12.5. The van der Waals surface area contributed by atoms with E-state index in [0.717, 1.165) is 11.6 Å². The number of nitro benzene ring substituents is 1. The Labute approximate surface area is 230 Å². The minimum absolute atomic E-state index is 0.000779. The second-order valence-corrected chi connectivity index (χ2v) is 8.60. The van der Waals surface area contributed by atoms with Crippen LogP contribution >= 0.6 is 0 Å². The number of esters is 1. The number of carbonyl (C=O) groups excluding carboxylic acids is 3. The molecular formula is C28H30N4O8. The number of hydrogen-bond acceptors (Lipinski definition) is 9. The lowest BCUT2D eigenvalue weighted by Crippen LogP contribution is -2.28. The number of carbonyl (C=O) groups is 3. The maximum Gasteiger partial charge on any atom is 0.338 e. The fraction of sp³-hybridized carbons (Fsp3) is 0.250. The van der Waals surface area contributed by atoms with Crippen LogP contribution in [0.1, 0.15) is 21.5 Å². The molecule has 12 nitrogen and oxygen atoms in total. The first-order valence-corrected chi connectivity index (χ1v) is 12.2.